The third kappa shape index (κ3) is 4.60. The molecular formula is C17H27ClN2O. The molecule has 0 saturated carbocycles. The lowest BCUT2D eigenvalue weighted by molar-refractivity contribution is 0.0459. The average Bonchev–Trinajstić information content (AvgIpc) is 2.50. The van der Waals surface area contributed by atoms with Crippen LogP contribution in [0.2, 0.25) is 5.02 Å². The number of hydrogen-bond donors (Lipinski definition) is 1. The van der Waals surface area contributed by atoms with Crippen molar-refractivity contribution in [2.24, 2.45) is 5.73 Å². The molecule has 0 spiro atoms. The molecule has 1 atom stereocenters. The van der Waals surface area contributed by atoms with Crippen LogP contribution in [0.15, 0.2) is 18.2 Å². The molecule has 0 aromatic heterocycles. The van der Waals surface area contributed by atoms with Gasteiger partial charge >= 0.3 is 0 Å². The number of rotatable bonds is 6. The summed E-state index contributed by atoms with van der Waals surface area (Å²) in [5.74, 6) is 0. The molecule has 1 heterocycles. The summed E-state index contributed by atoms with van der Waals surface area (Å²) < 4.78 is 5.70. The van der Waals surface area contributed by atoms with Gasteiger partial charge in [-0.25, -0.2) is 0 Å². The third-order valence-electron chi connectivity index (χ3n) is 4.25. The molecule has 1 fully saturated rings. The van der Waals surface area contributed by atoms with Crippen molar-refractivity contribution in [1.82, 2.24) is 0 Å². The summed E-state index contributed by atoms with van der Waals surface area (Å²) in [5.41, 5.74) is 8.38. The molecule has 1 saturated heterocycles. The average molecular weight is 311 g/mol. The smallest absolute Gasteiger partial charge is 0.0608 e. The van der Waals surface area contributed by atoms with Gasteiger partial charge in [-0.1, -0.05) is 24.6 Å². The van der Waals surface area contributed by atoms with Crippen LogP contribution in [0, 0.1) is 0 Å². The summed E-state index contributed by atoms with van der Waals surface area (Å²) in [7, 11) is 0. The van der Waals surface area contributed by atoms with Crippen molar-refractivity contribution in [3.8, 4) is 0 Å². The molecule has 1 aliphatic heterocycles. The molecule has 3 nitrogen and oxygen atoms in total. The van der Waals surface area contributed by atoms with Crippen LogP contribution in [0.3, 0.4) is 0 Å². The fraction of sp³-hybridized carbons (Fsp3) is 0.647. The quantitative estimate of drug-likeness (QED) is 0.872. The minimum atomic E-state index is 0.190. The number of halogens is 1. The molecule has 4 heteroatoms. The van der Waals surface area contributed by atoms with Crippen molar-refractivity contribution in [3.63, 3.8) is 0 Å². The molecule has 0 radical (unpaired) electrons. The van der Waals surface area contributed by atoms with Crippen LogP contribution < -0.4 is 10.6 Å². The molecule has 1 aromatic carbocycles. The molecule has 21 heavy (non-hydrogen) atoms. The summed E-state index contributed by atoms with van der Waals surface area (Å²) in [6, 6.07) is 6.57. The van der Waals surface area contributed by atoms with E-state index in [9.17, 15) is 0 Å². The van der Waals surface area contributed by atoms with Crippen LogP contribution in [0.25, 0.3) is 0 Å². The van der Waals surface area contributed by atoms with E-state index in [1.54, 1.807) is 0 Å². The normalized spacial score (nSPS) is 18.0. The Balaban J connectivity index is 1.97. The molecule has 118 valence electrons. The summed E-state index contributed by atoms with van der Waals surface area (Å²) >= 11 is 6.42. The largest absolute Gasteiger partial charge is 0.378 e. The van der Waals surface area contributed by atoms with E-state index in [1.165, 1.54) is 5.69 Å². The Kier molecular flexibility index (Phi) is 6.34. The van der Waals surface area contributed by atoms with Crippen LogP contribution in [-0.2, 0) is 11.2 Å². The number of piperidine rings is 1. The highest BCUT2D eigenvalue weighted by atomic mass is 35.5. The monoisotopic (exact) mass is 310 g/mol. The molecule has 2 rings (SSSR count). The van der Waals surface area contributed by atoms with Gasteiger partial charge in [0.05, 0.1) is 6.10 Å². The van der Waals surface area contributed by atoms with Crippen molar-refractivity contribution in [1.29, 1.82) is 0 Å². The fourth-order valence-electron chi connectivity index (χ4n) is 2.84. The summed E-state index contributed by atoms with van der Waals surface area (Å²) in [6.45, 7) is 7.05. The van der Waals surface area contributed by atoms with Crippen molar-refractivity contribution < 1.29 is 4.74 Å². The Labute approximate surface area is 133 Å². The van der Waals surface area contributed by atoms with Gasteiger partial charge in [0.25, 0.3) is 0 Å². The van der Waals surface area contributed by atoms with Crippen LogP contribution in [0.1, 0.15) is 38.7 Å². The van der Waals surface area contributed by atoms with Gasteiger partial charge in [0.2, 0.25) is 0 Å². The standard InChI is InChI=1S/C17H27ClN2O/c1-3-14(19)11-13-5-6-15(12-17(13)18)20-9-7-16(8-10-20)21-4-2/h5-6,12,14,16H,3-4,7-11,19H2,1-2H3. The van der Waals surface area contributed by atoms with Crippen LogP contribution in [-0.4, -0.2) is 31.8 Å². The zero-order valence-corrected chi connectivity index (χ0v) is 13.9. The second kappa shape index (κ2) is 8.02. The maximum Gasteiger partial charge on any atom is 0.0608 e. The zero-order valence-electron chi connectivity index (χ0n) is 13.1. The second-order valence-electron chi connectivity index (χ2n) is 5.79. The Morgan fingerprint density at radius 2 is 2.05 bits per heavy atom. The van der Waals surface area contributed by atoms with E-state index in [1.807, 2.05) is 0 Å². The van der Waals surface area contributed by atoms with E-state index in [-0.39, 0.29) is 6.04 Å². The van der Waals surface area contributed by atoms with Gasteiger partial charge in [-0.15, -0.1) is 0 Å². The first-order chi connectivity index (χ1) is 10.1. The number of nitrogens with two attached hydrogens (primary N) is 1. The molecule has 1 aliphatic rings. The molecule has 2 N–H and O–H groups in total. The lowest BCUT2D eigenvalue weighted by Crippen LogP contribution is -2.37. The van der Waals surface area contributed by atoms with E-state index in [4.69, 9.17) is 22.1 Å². The first-order valence-corrected chi connectivity index (χ1v) is 8.42. The zero-order chi connectivity index (χ0) is 15.2. The summed E-state index contributed by atoms with van der Waals surface area (Å²) in [4.78, 5) is 2.39. The predicted octanol–water partition coefficient (Wildman–Crippen LogP) is 3.63. The lowest BCUT2D eigenvalue weighted by Gasteiger charge is -2.33. The van der Waals surface area contributed by atoms with E-state index in [2.05, 4.69) is 36.9 Å². The number of nitrogens with zero attached hydrogens (tertiary/aromatic N) is 1. The van der Waals surface area contributed by atoms with Gasteiger partial charge in [0.15, 0.2) is 0 Å². The Morgan fingerprint density at radius 3 is 2.62 bits per heavy atom. The van der Waals surface area contributed by atoms with Gasteiger partial charge < -0.3 is 15.4 Å². The van der Waals surface area contributed by atoms with Gasteiger partial charge in [-0.2, -0.15) is 0 Å². The summed E-state index contributed by atoms with van der Waals surface area (Å²) in [5, 5.41) is 0.836. The van der Waals surface area contributed by atoms with Crippen molar-refractivity contribution in [2.75, 3.05) is 24.6 Å². The number of benzene rings is 1. The second-order valence-corrected chi connectivity index (χ2v) is 6.20. The topological polar surface area (TPSA) is 38.5 Å². The number of ether oxygens (including phenoxy) is 1. The van der Waals surface area contributed by atoms with Gasteiger partial charge in [0, 0.05) is 36.4 Å². The third-order valence-corrected chi connectivity index (χ3v) is 4.60. The van der Waals surface area contributed by atoms with Crippen LogP contribution in [0.4, 0.5) is 5.69 Å². The Hall–Kier alpha value is -0.770. The van der Waals surface area contributed by atoms with E-state index in [0.29, 0.717) is 6.10 Å². The van der Waals surface area contributed by atoms with Crippen LogP contribution in [0.5, 0.6) is 0 Å². The summed E-state index contributed by atoms with van der Waals surface area (Å²) in [6.07, 6.45) is 4.43. The highest BCUT2D eigenvalue weighted by Gasteiger charge is 2.20. The van der Waals surface area contributed by atoms with Crippen molar-refractivity contribution in [2.45, 2.75) is 51.7 Å². The van der Waals surface area contributed by atoms with Crippen molar-refractivity contribution >= 4 is 17.3 Å². The van der Waals surface area contributed by atoms with Gasteiger partial charge in [0.1, 0.15) is 0 Å². The maximum absolute atomic E-state index is 6.42. The van der Waals surface area contributed by atoms with Gasteiger partial charge in [-0.3, -0.25) is 0 Å². The van der Waals surface area contributed by atoms with Crippen LogP contribution >= 0.6 is 11.6 Å². The molecule has 1 unspecified atom stereocenters. The highest BCUT2D eigenvalue weighted by Crippen LogP contribution is 2.27. The van der Waals surface area contributed by atoms with E-state index >= 15 is 0 Å². The number of hydrogen-bond acceptors (Lipinski definition) is 3. The molecule has 0 amide bonds. The fourth-order valence-corrected chi connectivity index (χ4v) is 3.09. The van der Waals surface area contributed by atoms with E-state index < -0.39 is 0 Å². The van der Waals surface area contributed by atoms with Crippen molar-refractivity contribution in [3.05, 3.63) is 28.8 Å². The Morgan fingerprint density at radius 1 is 1.33 bits per heavy atom. The minimum absolute atomic E-state index is 0.190. The maximum atomic E-state index is 6.42. The lowest BCUT2D eigenvalue weighted by atomic mass is 10.0. The molecule has 1 aromatic rings. The molecule has 0 bridgehead atoms. The minimum Gasteiger partial charge on any atom is -0.378 e. The first kappa shape index (κ1) is 16.6. The Bertz CT molecular complexity index is 444. The number of anilines is 1. The van der Waals surface area contributed by atoms with Gasteiger partial charge in [-0.05, 0) is 50.3 Å². The first-order valence-electron chi connectivity index (χ1n) is 8.04. The predicted molar refractivity (Wildman–Crippen MR) is 90.3 cm³/mol. The highest BCUT2D eigenvalue weighted by molar-refractivity contribution is 6.31. The molecule has 0 aliphatic carbocycles. The SMILES string of the molecule is CCOC1CCN(c2ccc(CC(N)CC)c(Cl)c2)CC1. The van der Waals surface area contributed by atoms with E-state index in [0.717, 1.165) is 56.0 Å². The molecular weight excluding hydrogens is 284 g/mol.